The number of nitrogens with two attached hydrogens (primary N) is 1. The Labute approximate surface area is 166 Å². The standard InChI is InChI=1S/C22H30N2O4/c1-22(2,3)28-21(26)24-19(20(25)14-23)13-16-9-11-18(12-10-16)27-15-17-7-5-4-6-8-17/h4-12,19-20,25H,13-15,23H2,1-3H3,(H,24,26). The molecule has 0 aliphatic carbocycles. The highest BCUT2D eigenvalue weighted by atomic mass is 16.6. The summed E-state index contributed by atoms with van der Waals surface area (Å²) >= 11 is 0. The van der Waals surface area contributed by atoms with E-state index in [-0.39, 0.29) is 6.54 Å². The van der Waals surface area contributed by atoms with Crippen molar-refractivity contribution in [1.29, 1.82) is 0 Å². The zero-order chi connectivity index (χ0) is 20.6. The van der Waals surface area contributed by atoms with Gasteiger partial charge in [-0.05, 0) is 50.5 Å². The number of alkyl carbamates (subject to hydrolysis) is 1. The minimum absolute atomic E-state index is 0.0404. The lowest BCUT2D eigenvalue weighted by molar-refractivity contribution is 0.0430. The summed E-state index contributed by atoms with van der Waals surface area (Å²) < 4.78 is 11.1. The molecule has 1 amide bonds. The molecule has 4 N–H and O–H groups in total. The first kappa shape index (κ1) is 21.7. The molecule has 0 aliphatic heterocycles. The third-order valence-corrected chi connectivity index (χ3v) is 4.04. The molecular weight excluding hydrogens is 356 g/mol. The Hall–Kier alpha value is -2.57. The number of carbonyl (C=O) groups excluding carboxylic acids is 1. The molecule has 0 bridgehead atoms. The molecule has 0 heterocycles. The number of rotatable bonds is 8. The molecule has 0 fully saturated rings. The van der Waals surface area contributed by atoms with Crippen molar-refractivity contribution >= 4 is 6.09 Å². The number of aliphatic hydroxyl groups is 1. The first-order valence-electron chi connectivity index (χ1n) is 9.40. The van der Waals surface area contributed by atoms with Crippen molar-refractivity contribution in [3.8, 4) is 5.75 Å². The number of hydrogen-bond donors (Lipinski definition) is 3. The molecule has 2 rings (SSSR count). The van der Waals surface area contributed by atoms with Crippen LogP contribution in [0.4, 0.5) is 4.79 Å². The third-order valence-electron chi connectivity index (χ3n) is 4.04. The van der Waals surface area contributed by atoms with E-state index >= 15 is 0 Å². The van der Waals surface area contributed by atoms with Crippen molar-refractivity contribution in [2.75, 3.05) is 6.54 Å². The van der Waals surface area contributed by atoms with Gasteiger partial charge in [-0.15, -0.1) is 0 Å². The number of nitrogens with one attached hydrogen (secondary N) is 1. The first-order valence-corrected chi connectivity index (χ1v) is 9.40. The molecular formula is C22H30N2O4. The number of ether oxygens (including phenoxy) is 2. The van der Waals surface area contributed by atoms with Gasteiger partial charge >= 0.3 is 6.09 Å². The smallest absolute Gasteiger partial charge is 0.407 e. The van der Waals surface area contributed by atoms with Gasteiger partial charge in [0, 0.05) is 6.54 Å². The average Bonchev–Trinajstić information content (AvgIpc) is 2.65. The lowest BCUT2D eigenvalue weighted by Crippen LogP contribution is -2.49. The number of aliphatic hydroxyl groups excluding tert-OH is 1. The van der Waals surface area contributed by atoms with Gasteiger partial charge in [0.15, 0.2) is 0 Å². The van der Waals surface area contributed by atoms with Crippen LogP contribution in [0.3, 0.4) is 0 Å². The van der Waals surface area contributed by atoms with Crippen molar-refractivity contribution in [2.24, 2.45) is 5.73 Å². The van der Waals surface area contributed by atoms with E-state index < -0.39 is 23.8 Å². The van der Waals surface area contributed by atoms with Crippen molar-refractivity contribution < 1.29 is 19.4 Å². The Morgan fingerprint density at radius 2 is 1.71 bits per heavy atom. The average molecular weight is 386 g/mol. The van der Waals surface area contributed by atoms with E-state index in [0.29, 0.717) is 13.0 Å². The number of hydrogen-bond acceptors (Lipinski definition) is 5. The fourth-order valence-electron chi connectivity index (χ4n) is 2.62. The molecule has 0 aliphatic rings. The predicted molar refractivity (Wildman–Crippen MR) is 109 cm³/mol. The second-order valence-corrected chi connectivity index (χ2v) is 7.68. The minimum Gasteiger partial charge on any atom is -0.489 e. The van der Waals surface area contributed by atoms with Crippen molar-refractivity contribution in [1.82, 2.24) is 5.32 Å². The maximum Gasteiger partial charge on any atom is 0.407 e. The predicted octanol–water partition coefficient (Wildman–Crippen LogP) is 3.02. The Balaban J connectivity index is 1.95. The summed E-state index contributed by atoms with van der Waals surface area (Å²) in [7, 11) is 0. The molecule has 0 saturated heterocycles. The molecule has 2 aromatic rings. The fraction of sp³-hybridized carbons (Fsp3) is 0.409. The van der Waals surface area contributed by atoms with E-state index in [1.165, 1.54) is 0 Å². The van der Waals surface area contributed by atoms with Crippen LogP contribution < -0.4 is 15.8 Å². The molecule has 28 heavy (non-hydrogen) atoms. The molecule has 0 aromatic heterocycles. The van der Waals surface area contributed by atoms with Crippen LogP contribution in [0.2, 0.25) is 0 Å². The van der Waals surface area contributed by atoms with Crippen LogP contribution in [0, 0.1) is 0 Å². The van der Waals surface area contributed by atoms with Gasteiger partial charge in [-0.3, -0.25) is 0 Å². The second-order valence-electron chi connectivity index (χ2n) is 7.68. The van der Waals surface area contributed by atoms with Gasteiger partial charge in [0.05, 0.1) is 12.1 Å². The number of benzene rings is 2. The largest absolute Gasteiger partial charge is 0.489 e. The summed E-state index contributed by atoms with van der Waals surface area (Å²) in [6.45, 7) is 5.90. The van der Waals surface area contributed by atoms with Gasteiger partial charge in [0.2, 0.25) is 0 Å². The quantitative estimate of drug-likeness (QED) is 0.648. The second kappa shape index (κ2) is 10.1. The van der Waals surface area contributed by atoms with E-state index in [1.807, 2.05) is 54.6 Å². The SMILES string of the molecule is CC(C)(C)OC(=O)NC(Cc1ccc(OCc2ccccc2)cc1)C(O)CN. The normalized spacial score (nSPS) is 13.5. The van der Waals surface area contributed by atoms with Gasteiger partial charge in [-0.1, -0.05) is 42.5 Å². The van der Waals surface area contributed by atoms with E-state index in [0.717, 1.165) is 16.9 Å². The molecule has 0 spiro atoms. The molecule has 6 nitrogen and oxygen atoms in total. The highest BCUT2D eigenvalue weighted by Gasteiger charge is 2.24. The van der Waals surface area contributed by atoms with Gasteiger partial charge < -0.3 is 25.6 Å². The van der Waals surface area contributed by atoms with E-state index in [4.69, 9.17) is 15.2 Å². The zero-order valence-corrected chi connectivity index (χ0v) is 16.7. The summed E-state index contributed by atoms with van der Waals surface area (Å²) in [6.07, 6.45) is -1.02. The van der Waals surface area contributed by atoms with Crippen LogP contribution in [-0.2, 0) is 17.8 Å². The summed E-state index contributed by atoms with van der Waals surface area (Å²) in [5, 5.41) is 12.9. The molecule has 0 saturated carbocycles. The van der Waals surface area contributed by atoms with Crippen LogP contribution in [-0.4, -0.2) is 35.5 Å². The molecule has 152 valence electrons. The fourth-order valence-corrected chi connectivity index (χ4v) is 2.62. The summed E-state index contributed by atoms with van der Waals surface area (Å²) in [4.78, 5) is 12.0. The van der Waals surface area contributed by atoms with Gasteiger partial charge in [0.1, 0.15) is 18.0 Å². The lowest BCUT2D eigenvalue weighted by atomic mass is 10.0. The van der Waals surface area contributed by atoms with E-state index in [2.05, 4.69) is 5.32 Å². The number of carbonyl (C=O) groups is 1. The maximum absolute atomic E-state index is 12.0. The van der Waals surface area contributed by atoms with Crippen LogP contribution >= 0.6 is 0 Å². The molecule has 2 aromatic carbocycles. The summed E-state index contributed by atoms with van der Waals surface area (Å²) in [6, 6.07) is 17.0. The Bertz CT molecular complexity index is 726. The monoisotopic (exact) mass is 386 g/mol. The molecule has 2 unspecified atom stereocenters. The van der Waals surface area contributed by atoms with Crippen molar-refractivity contribution in [3.05, 3.63) is 65.7 Å². The van der Waals surface area contributed by atoms with E-state index in [9.17, 15) is 9.90 Å². The van der Waals surface area contributed by atoms with E-state index in [1.54, 1.807) is 20.8 Å². The van der Waals surface area contributed by atoms with Crippen LogP contribution in [0.5, 0.6) is 5.75 Å². The Morgan fingerprint density at radius 3 is 2.29 bits per heavy atom. The Kier molecular flexibility index (Phi) is 7.84. The highest BCUT2D eigenvalue weighted by molar-refractivity contribution is 5.68. The lowest BCUT2D eigenvalue weighted by Gasteiger charge is -2.26. The van der Waals surface area contributed by atoms with Crippen LogP contribution in [0.25, 0.3) is 0 Å². The minimum atomic E-state index is -0.874. The molecule has 0 radical (unpaired) electrons. The Morgan fingerprint density at radius 1 is 1.07 bits per heavy atom. The van der Waals surface area contributed by atoms with Crippen LogP contribution in [0.1, 0.15) is 31.9 Å². The maximum atomic E-state index is 12.0. The third kappa shape index (κ3) is 7.58. The van der Waals surface area contributed by atoms with Crippen molar-refractivity contribution in [3.63, 3.8) is 0 Å². The highest BCUT2D eigenvalue weighted by Crippen LogP contribution is 2.16. The molecule has 2 atom stereocenters. The zero-order valence-electron chi connectivity index (χ0n) is 16.7. The van der Waals surface area contributed by atoms with Crippen molar-refractivity contribution in [2.45, 2.75) is 51.5 Å². The summed E-state index contributed by atoms with van der Waals surface area (Å²) in [5.41, 5.74) is 7.02. The first-order chi connectivity index (χ1) is 13.3. The van der Waals surface area contributed by atoms with Gasteiger partial charge in [-0.25, -0.2) is 4.79 Å². The van der Waals surface area contributed by atoms with Crippen LogP contribution in [0.15, 0.2) is 54.6 Å². The van der Waals surface area contributed by atoms with Gasteiger partial charge in [-0.2, -0.15) is 0 Å². The van der Waals surface area contributed by atoms with Gasteiger partial charge in [0.25, 0.3) is 0 Å². The summed E-state index contributed by atoms with van der Waals surface area (Å²) in [5.74, 6) is 0.753. The number of amides is 1. The topological polar surface area (TPSA) is 93.8 Å². The molecule has 6 heteroatoms.